The Balaban J connectivity index is 2.47. The average molecular weight is 279 g/mol. The number of hydrogen-bond donors (Lipinski definition) is 2. The van der Waals surface area contributed by atoms with E-state index in [9.17, 15) is 4.39 Å². The summed E-state index contributed by atoms with van der Waals surface area (Å²) in [6, 6.07) is 5.24. The predicted octanol–water partition coefficient (Wildman–Crippen LogP) is 3.51. The number of rotatable bonds is 5. The molecule has 1 aromatic heterocycles. The third kappa shape index (κ3) is 2.92. The average Bonchev–Trinajstić information content (AvgIpc) is 2.42. The summed E-state index contributed by atoms with van der Waals surface area (Å²) >= 11 is 1.74. The maximum atomic E-state index is 14.1. The second kappa shape index (κ2) is 6.10. The van der Waals surface area contributed by atoms with E-state index in [1.165, 1.54) is 6.07 Å². The molecule has 1 unspecified atom stereocenters. The Hall–Kier alpha value is -1.49. The van der Waals surface area contributed by atoms with Crippen molar-refractivity contribution in [1.82, 2.24) is 4.98 Å². The molecular formula is C14H18FN3S. The second-order valence-corrected chi connectivity index (χ2v) is 5.34. The van der Waals surface area contributed by atoms with E-state index >= 15 is 0 Å². The first-order valence-corrected chi connectivity index (χ1v) is 7.65. The van der Waals surface area contributed by atoms with Gasteiger partial charge < -0.3 is 11.1 Å². The molecule has 2 aromatic rings. The molecule has 0 saturated heterocycles. The van der Waals surface area contributed by atoms with Crippen LogP contribution in [0.4, 0.5) is 15.8 Å². The number of nitrogens with one attached hydrogen (secondary N) is 1. The van der Waals surface area contributed by atoms with Crippen LogP contribution in [0.15, 0.2) is 24.4 Å². The van der Waals surface area contributed by atoms with Gasteiger partial charge in [-0.2, -0.15) is 11.8 Å². The molecule has 0 fully saturated rings. The van der Waals surface area contributed by atoms with Gasteiger partial charge in [-0.05, 0) is 30.9 Å². The zero-order valence-electron chi connectivity index (χ0n) is 11.1. The van der Waals surface area contributed by atoms with Crippen molar-refractivity contribution in [3.05, 3.63) is 30.2 Å². The molecule has 2 rings (SSSR count). The Morgan fingerprint density at radius 2 is 2.32 bits per heavy atom. The molecule has 0 spiro atoms. The number of halogens is 1. The van der Waals surface area contributed by atoms with Crippen LogP contribution in [-0.4, -0.2) is 23.0 Å². The number of aromatic nitrogens is 1. The molecule has 0 saturated carbocycles. The summed E-state index contributed by atoms with van der Waals surface area (Å²) in [6.45, 7) is 2.08. The Labute approximate surface area is 116 Å². The lowest BCUT2D eigenvalue weighted by atomic mass is 10.1. The molecule has 3 N–H and O–H groups in total. The molecule has 102 valence electrons. The maximum absolute atomic E-state index is 14.1. The van der Waals surface area contributed by atoms with Crippen LogP contribution in [0.1, 0.15) is 13.3 Å². The minimum absolute atomic E-state index is 0.221. The fourth-order valence-electron chi connectivity index (χ4n) is 2.04. The molecule has 1 atom stereocenters. The first-order valence-electron chi connectivity index (χ1n) is 6.25. The van der Waals surface area contributed by atoms with Crippen molar-refractivity contribution in [3.63, 3.8) is 0 Å². The van der Waals surface area contributed by atoms with Crippen LogP contribution in [0, 0.1) is 5.82 Å². The minimum atomic E-state index is -0.344. The van der Waals surface area contributed by atoms with Crippen molar-refractivity contribution in [2.24, 2.45) is 0 Å². The van der Waals surface area contributed by atoms with E-state index in [4.69, 9.17) is 5.73 Å². The highest BCUT2D eigenvalue weighted by molar-refractivity contribution is 7.98. The smallest absolute Gasteiger partial charge is 0.150 e. The number of thioether (sulfide) groups is 1. The monoisotopic (exact) mass is 279 g/mol. The molecule has 19 heavy (non-hydrogen) atoms. The van der Waals surface area contributed by atoms with Gasteiger partial charge in [0.15, 0.2) is 5.82 Å². The number of fused-ring (bicyclic) bond motifs is 1. The zero-order valence-corrected chi connectivity index (χ0v) is 11.9. The number of nitrogen functional groups attached to an aromatic ring is 1. The number of benzene rings is 1. The summed E-state index contributed by atoms with van der Waals surface area (Å²) in [6.07, 6.45) is 4.63. The van der Waals surface area contributed by atoms with E-state index in [1.807, 2.05) is 12.3 Å². The Morgan fingerprint density at radius 3 is 3.00 bits per heavy atom. The molecule has 1 heterocycles. The van der Waals surface area contributed by atoms with Crippen molar-refractivity contribution in [2.45, 2.75) is 19.4 Å². The van der Waals surface area contributed by atoms with E-state index in [2.05, 4.69) is 17.2 Å². The largest absolute Gasteiger partial charge is 0.398 e. The van der Waals surface area contributed by atoms with Gasteiger partial charge in [0.2, 0.25) is 0 Å². The SMILES string of the molecule is CCC(CSC)Nc1c(F)cc(N)c2cccnc12. The number of anilines is 2. The van der Waals surface area contributed by atoms with Gasteiger partial charge >= 0.3 is 0 Å². The number of nitrogens with zero attached hydrogens (tertiary/aromatic N) is 1. The summed E-state index contributed by atoms with van der Waals surface area (Å²) in [4.78, 5) is 4.26. The first kappa shape index (κ1) is 13.9. The van der Waals surface area contributed by atoms with E-state index in [-0.39, 0.29) is 11.9 Å². The van der Waals surface area contributed by atoms with Crippen molar-refractivity contribution in [1.29, 1.82) is 0 Å². The normalized spacial score (nSPS) is 12.6. The van der Waals surface area contributed by atoms with Gasteiger partial charge in [-0.3, -0.25) is 4.98 Å². The highest BCUT2D eigenvalue weighted by Crippen LogP contribution is 2.30. The number of pyridine rings is 1. The van der Waals surface area contributed by atoms with E-state index in [0.717, 1.165) is 17.6 Å². The lowest BCUT2D eigenvalue weighted by Gasteiger charge is -2.19. The van der Waals surface area contributed by atoms with Gasteiger partial charge in [-0.1, -0.05) is 6.92 Å². The molecule has 5 heteroatoms. The van der Waals surface area contributed by atoms with Crippen LogP contribution in [0.3, 0.4) is 0 Å². The highest BCUT2D eigenvalue weighted by atomic mass is 32.2. The summed E-state index contributed by atoms with van der Waals surface area (Å²) < 4.78 is 14.1. The quantitative estimate of drug-likeness (QED) is 0.822. The summed E-state index contributed by atoms with van der Waals surface area (Å²) in [7, 11) is 0. The highest BCUT2D eigenvalue weighted by Gasteiger charge is 2.15. The van der Waals surface area contributed by atoms with Gasteiger partial charge in [0.1, 0.15) is 0 Å². The van der Waals surface area contributed by atoms with Crippen molar-refractivity contribution < 1.29 is 4.39 Å². The lowest BCUT2D eigenvalue weighted by Crippen LogP contribution is -2.22. The van der Waals surface area contributed by atoms with Crippen molar-refractivity contribution in [2.75, 3.05) is 23.1 Å². The molecule has 0 aliphatic carbocycles. The Morgan fingerprint density at radius 1 is 1.53 bits per heavy atom. The summed E-state index contributed by atoms with van der Waals surface area (Å²) in [5, 5.41) is 4.04. The zero-order chi connectivity index (χ0) is 13.8. The van der Waals surface area contributed by atoms with Crippen LogP contribution in [0.5, 0.6) is 0 Å². The second-order valence-electron chi connectivity index (χ2n) is 4.43. The van der Waals surface area contributed by atoms with E-state index in [1.54, 1.807) is 24.0 Å². The molecule has 0 bridgehead atoms. The molecule has 1 aromatic carbocycles. The van der Waals surface area contributed by atoms with E-state index < -0.39 is 0 Å². The standard InChI is InChI=1S/C14H18FN3S/c1-3-9(8-19-2)18-14-11(15)7-12(16)10-5-4-6-17-13(10)14/h4-7,9,18H,3,8,16H2,1-2H3. The third-order valence-electron chi connectivity index (χ3n) is 3.09. The maximum Gasteiger partial charge on any atom is 0.150 e. The predicted molar refractivity (Wildman–Crippen MR) is 82.2 cm³/mol. The van der Waals surface area contributed by atoms with Crippen LogP contribution in [-0.2, 0) is 0 Å². The summed E-state index contributed by atoms with van der Waals surface area (Å²) in [5.41, 5.74) is 7.30. The molecule has 3 nitrogen and oxygen atoms in total. The molecule has 0 aliphatic rings. The number of nitrogens with two attached hydrogens (primary N) is 1. The summed E-state index contributed by atoms with van der Waals surface area (Å²) in [5.74, 6) is 0.581. The van der Waals surface area contributed by atoms with Gasteiger partial charge in [0.05, 0.1) is 11.2 Å². The first-order chi connectivity index (χ1) is 9.17. The van der Waals surface area contributed by atoms with Gasteiger partial charge in [0.25, 0.3) is 0 Å². The molecular weight excluding hydrogens is 261 g/mol. The molecule has 0 amide bonds. The van der Waals surface area contributed by atoms with Crippen molar-refractivity contribution in [3.8, 4) is 0 Å². The Bertz CT molecular complexity index is 574. The van der Waals surface area contributed by atoms with Crippen LogP contribution < -0.4 is 11.1 Å². The lowest BCUT2D eigenvalue weighted by molar-refractivity contribution is 0.627. The topological polar surface area (TPSA) is 50.9 Å². The van der Waals surface area contributed by atoms with Crippen LogP contribution in [0.2, 0.25) is 0 Å². The molecule has 0 radical (unpaired) electrons. The van der Waals surface area contributed by atoms with Gasteiger partial charge in [-0.25, -0.2) is 4.39 Å². The fraction of sp³-hybridized carbons (Fsp3) is 0.357. The minimum Gasteiger partial charge on any atom is -0.398 e. The van der Waals surface area contributed by atoms with Gasteiger partial charge in [-0.15, -0.1) is 0 Å². The fourth-order valence-corrected chi connectivity index (χ4v) is 2.76. The third-order valence-corrected chi connectivity index (χ3v) is 3.82. The van der Waals surface area contributed by atoms with E-state index in [0.29, 0.717) is 16.9 Å². The van der Waals surface area contributed by atoms with Crippen LogP contribution >= 0.6 is 11.8 Å². The molecule has 0 aliphatic heterocycles. The Kier molecular flexibility index (Phi) is 4.47. The van der Waals surface area contributed by atoms with Crippen molar-refractivity contribution >= 4 is 34.0 Å². The van der Waals surface area contributed by atoms with Crippen LogP contribution in [0.25, 0.3) is 10.9 Å². The van der Waals surface area contributed by atoms with Gasteiger partial charge in [0, 0.05) is 29.1 Å². The number of hydrogen-bond acceptors (Lipinski definition) is 4.